The molecule has 16 heavy (non-hydrogen) atoms. The van der Waals surface area contributed by atoms with Gasteiger partial charge >= 0.3 is 0 Å². The number of hydrogen-bond acceptors (Lipinski definition) is 4. The smallest absolute Gasteiger partial charge is 0.138 e. The third-order valence-corrected chi connectivity index (χ3v) is 3.25. The molecule has 1 aliphatic heterocycles. The topological polar surface area (TPSA) is 49.8 Å². The van der Waals surface area contributed by atoms with Gasteiger partial charge in [0.05, 0.1) is 0 Å². The Morgan fingerprint density at radius 2 is 2.25 bits per heavy atom. The van der Waals surface area contributed by atoms with Crippen LogP contribution in [0, 0.1) is 6.92 Å². The predicted octanol–water partition coefficient (Wildman–Crippen LogP) is 1.47. The molecule has 0 saturated carbocycles. The fourth-order valence-corrected chi connectivity index (χ4v) is 2.21. The van der Waals surface area contributed by atoms with Crippen molar-refractivity contribution in [1.29, 1.82) is 0 Å². The number of nitrogens with zero attached hydrogens (tertiary/aromatic N) is 2. The quantitative estimate of drug-likeness (QED) is 0.792. The molecule has 1 aromatic heterocycles. The van der Waals surface area contributed by atoms with Gasteiger partial charge < -0.3 is 10.6 Å². The van der Waals surface area contributed by atoms with Crippen molar-refractivity contribution in [2.75, 3.05) is 25.5 Å². The number of nitrogens with one attached hydrogen (secondary N) is 2. The van der Waals surface area contributed by atoms with Crippen LogP contribution in [0.3, 0.4) is 0 Å². The third-order valence-electron chi connectivity index (χ3n) is 3.25. The maximum Gasteiger partial charge on any atom is 0.138 e. The van der Waals surface area contributed by atoms with Crippen molar-refractivity contribution in [3.8, 4) is 0 Å². The summed E-state index contributed by atoms with van der Waals surface area (Å²) in [5.41, 5.74) is 1.11. The molecular formula is C12H20N4. The second kappa shape index (κ2) is 4.37. The average Bonchev–Trinajstić information content (AvgIpc) is 2.29. The minimum atomic E-state index is 0.0792. The van der Waals surface area contributed by atoms with Crippen LogP contribution in [0.4, 0.5) is 5.82 Å². The van der Waals surface area contributed by atoms with Gasteiger partial charge in [0.1, 0.15) is 11.6 Å². The van der Waals surface area contributed by atoms with Crippen molar-refractivity contribution < 1.29 is 0 Å². The number of anilines is 1. The summed E-state index contributed by atoms with van der Waals surface area (Å²) < 4.78 is 0. The molecule has 0 unspecified atom stereocenters. The van der Waals surface area contributed by atoms with Gasteiger partial charge in [0.15, 0.2) is 0 Å². The summed E-state index contributed by atoms with van der Waals surface area (Å²) in [6.07, 6.45) is 2.36. The van der Waals surface area contributed by atoms with E-state index in [0.29, 0.717) is 0 Å². The van der Waals surface area contributed by atoms with Crippen molar-refractivity contribution in [2.24, 2.45) is 0 Å². The predicted molar refractivity (Wildman–Crippen MR) is 65.8 cm³/mol. The van der Waals surface area contributed by atoms with Crippen LogP contribution in [0.25, 0.3) is 0 Å². The van der Waals surface area contributed by atoms with E-state index < -0.39 is 0 Å². The highest BCUT2D eigenvalue weighted by atomic mass is 15.0. The lowest BCUT2D eigenvalue weighted by Gasteiger charge is -2.32. The lowest BCUT2D eigenvalue weighted by atomic mass is 9.82. The maximum absolute atomic E-state index is 4.59. The van der Waals surface area contributed by atoms with Gasteiger partial charge in [-0.2, -0.15) is 0 Å². The Morgan fingerprint density at radius 3 is 2.88 bits per heavy atom. The molecule has 88 valence electrons. The fraction of sp³-hybridized carbons (Fsp3) is 0.667. The number of hydrogen-bond donors (Lipinski definition) is 2. The standard InChI is InChI=1S/C12H20N4/c1-9-7-10(13-3)16-11(15-9)12(2)5-4-6-14-8-12/h7,14H,4-6,8H2,1-3H3,(H,13,15,16)/t12-/m1/s1. The molecule has 1 fully saturated rings. The van der Waals surface area contributed by atoms with Crippen LogP contribution in [0.15, 0.2) is 6.07 Å². The van der Waals surface area contributed by atoms with Gasteiger partial charge in [-0.25, -0.2) is 9.97 Å². The number of piperidine rings is 1. The van der Waals surface area contributed by atoms with Crippen molar-refractivity contribution in [2.45, 2.75) is 32.1 Å². The molecule has 4 heteroatoms. The van der Waals surface area contributed by atoms with Crippen LogP contribution in [0.1, 0.15) is 31.3 Å². The lowest BCUT2D eigenvalue weighted by molar-refractivity contribution is 0.323. The van der Waals surface area contributed by atoms with E-state index >= 15 is 0 Å². The molecule has 1 aliphatic rings. The van der Waals surface area contributed by atoms with Crippen molar-refractivity contribution in [1.82, 2.24) is 15.3 Å². The van der Waals surface area contributed by atoms with E-state index in [0.717, 1.165) is 36.8 Å². The Bertz CT molecular complexity index is 369. The van der Waals surface area contributed by atoms with Gasteiger partial charge in [-0.15, -0.1) is 0 Å². The number of aryl methyl sites for hydroxylation is 1. The zero-order chi connectivity index (χ0) is 11.6. The molecule has 4 nitrogen and oxygen atoms in total. The molecule has 1 atom stereocenters. The van der Waals surface area contributed by atoms with Crippen LogP contribution in [-0.4, -0.2) is 30.1 Å². The summed E-state index contributed by atoms with van der Waals surface area (Å²) in [6.45, 7) is 6.35. The third kappa shape index (κ3) is 2.16. The summed E-state index contributed by atoms with van der Waals surface area (Å²) in [4.78, 5) is 9.17. The Kier molecular flexibility index (Phi) is 3.10. The largest absolute Gasteiger partial charge is 0.373 e. The van der Waals surface area contributed by atoms with Crippen molar-refractivity contribution in [3.63, 3.8) is 0 Å². The molecule has 0 amide bonds. The molecule has 2 heterocycles. The molecule has 1 saturated heterocycles. The first kappa shape index (κ1) is 11.3. The van der Waals surface area contributed by atoms with Gasteiger partial charge in [-0.3, -0.25) is 0 Å². The van der Waals surface area contributed by atoms with Crippen LogP contribution in [0.5, 0.6) is 0 Å². The Morgan fingerprint density at radius 1 is 1.44 bits per heavy atom. The van der Waals surface area contributed by atoms with E-state index in [1.54, 1.807) is 0 Å². The summed E-state index contributed by atoms with van der Waals surface area (Å²) >= 11 is 0. The fourth-order valence-electron chi connectivity index (χ4n) is 2.21. The second-order valence-electron chi connectivity index (χ2n) is 4.81. The maximum atomic E-state index is 4.59. The van der Waals surface area contributed by atoms with Gasteiger partial charge in [0.2, 0.25) is 0 Å². The number of rotatable bonds is 2. The van der Waals surface area contributed by atoms with E-state index in [2.05, 4.69) is 27.5 Å². The number of aromatic nitrogens is 2. The van der Waals surface area contributed by atoms with Crippen molar-refractivity contribution in [3.05, 3.63) is 17.6 Å². The highest BCUT2D eigenvalue weighted by Crippen LogP contribution is 2.28. The Balaban J connectivity index is 2.34. The lowest BCUT2D eigenvalue weighted by Crippen LogP contribution is -2.42. The van der Waals surface area contributed by atoms with E-state index in [1.807, 2.05) is 20.0 Å². The zero-order valence-corrected chi connectivity index (χ0v) is 10.3. The average molecular weight is 220 g/mol. The van der Waals surface area contributed by atoms with Crippen molar-refractivity contribution >= 4 is 5.82 Å². The first-order chi connectivity index (χ1) is 7.64. The van der Waals surface area contributed by atoms with Gasteiger partial charge in [-0.05, 0) is 26.3 Å². The molecule has 1 aromatic rings. The minimum Gasteiger partial charge on any atom is -0.373 e. The first-order valence-electron chi connectivity index (χ1n) is 5.89. The van der Waals surface area contributed by atoms with Gasteiger partial charge in [0.25, 0.3) is 0 Å². The molecule has 0 bridgehead atoms. The Hall–Kier alpha value is -1.16. The first-order valence-corrected chi connectivity index (χ1v) is 5.89. The SMILES string of the molecule is CNc1cc(C)nc([C@]2(C)CCCNC2)n1. The second-order valence-corrected chi connectivity index (χ2v) is 4.81. The molecule has 2 N–H and O–H groups in total. The van der Waals surface area contributed by atoms with Gasteiger partial charge in [-0.1, -0.05) is 6.92 Å². The zero-order valence-electron chi connectivity index (χ0n) is 10.3. The highest BCUT2D eigenvalue weighted by molar-refractivity contribution is 5.36. The monoisotopic (exact) mass is 220 g/mol. The van der Waals surface area contributed by atoms with Crippen LogP contribution < -0.4 is 10.6 Å². The summed E-state index contributed by atoms with van der Waals surface area (Å²) in [6, 6.07) is 1.98. The molecule has 0 aliphatic carbocycles. The van der Waals surface area contributed by atoms with E-state index in [1.165, 1.54) is 6.42 Å². The van der Waals surface area contributed by atoms with Crippen LogP contribution >= 0.6 is 0 Å². The highest BCUT2D eigenvalue weighted by Gasteiger charge is 2.31. The minimum absolute atomic E-state index is 0.0792. The molecular weight excluding hydrogens is 200 g/mol. The van der Waals surface area contributed by atoms with E-state index in [9.17, 15) is 0 Å². The van der Waals surface area contributed by atoms with Crippen LogP contribution in [0.2, 0.25) is 0 Å². The Labute approximate surface area is 96.9 Å². The van der Waals surface area contributed by atoms with Crippen LogP contribution in [-0.2, 0) is 5.41 Å². The van der Waals surface area contributed by atoms with E-state index in [-0.39, 0.29) is 5.41 Å². The molecule has 0 spiro atoms. The summed E-state index contributed by atoms with van der Waals surface area (Å²) in [7, 11) is 1.90. The normalized spacial score (nSPS) is 25.4. The summed E-state index contributed by atoms with van der Waals surface area (Å²) in [5, 5.41) is 6.52. The molecule has 2 rings (SSSR count). The summed E-state index contributed by atoms with van der Waals surface area (Å²) in [5.74, 6) is 1.87. The molecule has 0 radical (unpaired) electrons. The molecule has 0 aromatic carbocycles. The van der Waals surface area contributed by atoms with E-state index in [4.69, 9.17) is 0 Å². The van der Waals surface area contributed by atoms with Gasteiger partial charge in [0, 0.05) is 30.8 Å².